The Morgan fingerprint density at radius 1 is 0.735 bits per heavy atom. The van der Waals surface area contributed by atoms with E-state index in [2.05, 4.69) is 15.4 Å². The lowest BCUT2D eigenvalue weighted by atomic mass is 10.2. The van der Waals surface area contributed by atoms with Gasteiger partial charge in [-0.15, -0.1) is 11.3 Å². The average Bonchev–Trinajstić information content (AvgIpc) is 3.36. The van der Waals surface area contributed by atoms with Crippen LogP contribution in [0, 0.1) is 5.82 Å². The summed E-state index contributed by atoms with van der Waals surface area (Å²) in [6.07, 6.45) is 0. The predicted molar refractivity (Wildman–Crippen MR) is 130 cm³/mol. The standard InChI is InChI=1S/C24H18FN3O4S2/c25-17-9-13-19(14-10-17)34(31,32)28-21-5-2-1-4-20(21)27-23(29)16-7-11-18(12-8-16)26-24(30)22-6-3-15-33-22/h1-15,28H,(H,26,30)(H,27,29). The molecule has 0 bridgehead atoms. The first-order valence-electron chi connectivity index (χ1n) is 9.95. The van der Waals surface area contributed by atoms with Gasteiger partial charge in [0, 0.05) is 11.3 Å². The Balaban J connectivity index is 1.46. The first-order valence-corrected chi connectivity index (χ1v) is 12.3. The number of nitrogens with one attached hydrogen (secondary N) is 3. The molecule has 0 spiro atoms. The van der Waals surface area contributed by atoms with E-state index in [1.54, 1.807) is 60.0 Å². The van der Waals surface area contributed by atoms with Crippen molar-refractivity contribution in [1.29, 1.82) is 0 Å². The number of hydrogen-bond donors (Lipinski definition) is 3. The molecule has 0 radical (unpaired) electrons. The number of anilines is 3. The molecule has 0 saturated carbocycles. The molecular formula is C24H18FN3O4S2. The highest BCUT2D eigenvalue weighted by atomic mass is 32.2. The van der Waals surface area contributed by atoms with Gasteiger partial charge in [0.25, 0.3) is 21.8 Å². The van der Waals surface area contributed by atoms with Gasteiger partial charge < -0.3 is 10.6 Å². The molecule has 3 N–H and O–H groups in total. The quantitative estimate of drug-likeness (QED) is 0.328. The summed E-state index contributed by atoms with van der Waals surface area (Å²) in [5.41, 5.74) is 1.24. The molecule has 0 unspecified atom stereocenters. The van der Waals surface area contributed by atoms with E-state index in [4.69, 9.17) is 0 Å². The van der Waals surface area contributed by atoms with Crippen molar-refractivity contribution in [3.05, 3.63) is 107 Å². The maximum absolute atomic E-state index is 13.1. The zero-order valence-corrected chi connectivity index (χ0v) is 19.1. The summed E-state index contributed by atoms with van der Waals surface area (Å²) in [6, 6.07) is 20.5. The monoisotopic (exact) mass is 495 g/mol. The Hall–Kier alpha value is -4.02. The number of carbonyl (C=O) groups is 2. The van der Waals surface area contributed by atoms with Crippen molar-refractivity contribution >= 4 is 50.2 Å². The Bertz CT molecular complexity index is 1420. The number of amides is 2. The van der Waals surface area contributed by atoms with Crippen molar-refractivity contribution < 1.29 is 22.4 Å². The lowest BCUT2D eigenvalue weighted by molar-refractivity contribution is 0.102. The second kappa shape index (κ2) is 9.86. The fourth-order valence-corrected chi connectivity index (χ4v) is 4.70. The Morgan fingerprint density at radius 3 is 2.06 bits per heavy atom. The van der Waals surface area contributed by atoms with Crippen LogP contribution < -0.4 is 15.4 Å². The molecule has 1 aromatic heterocycles. The maximum Gasteiger partial charge on any atom is 0.265 e. The Morgan fingerprint density at radius 2 is 1.41 bits per heavy atom. The van der Waals surface area contributed by atoms with Crippen molar-refractivity contribution in [3.8, 4) is 0 Å². The van der Waals surface area contributed by atoms with Gasteiger partial charge in [0.2, 0.25) is 0 Å². The van der Waals surface area contributed by atoms with Crippen molar-refractivity contribution in [2.45, 2.75) is 4.90 Å². The van der Waals surface area contributed by atoms with Crippen LogP contribution in [-0.4, -0.2) is 20.2 Å². The topological polar surface area (TPSA) is 104 Å². The van der Waals surface area contributed by atoms with Crippen molar-refractivity contribution in [2.75, 3.05) is 15.4 Å². The van der Waals surface area contributed by atoms with E-state index >= 15 is 0 Å². The van der Waals surface area contributed by atoms with E-state index in [-0.39, 0.29) is 22.2 Å². The van der Waals surface area contributed by atoms with Crippen LogP contribution in [0.25, 0.3) is 0 Å². The second-order valence-electron chi connectivity index (χ2n) is 7.07. The molecule has 7 nitrogen and oxygen atoms in total. The number of sulfonamides is 1. The highest BCUT2D eigenvalue weighted by Gasteiger charge is 2.17. The Kier molecular flexibility index (Phi) is 6.71. The molecule has 0 aliphatic rings. The smallest absolute Gasteiger partial charge is 0.265 e. The largest absolute Gasteiger partial charge is 0.321 e. The lowest BCUT2D eigenvalue weighted by Crippen LogP contribution is -2.17. The van der Waals surface area contributed by atoms with Gasteiger partial charge in [0.05, 0.1) is 21.1 Å². The van der Waals surface area contributed by atoms with E-state index in [9.17, 15) is 22.4 Å². The van der Waals surface area contributed by atoms with Crippen molar-refractivity contribution in [3.63, 3.8) is 0 Å². The fraction of sp³-hybridized carbons (Fsp3) is 0. The highest BCUT2D eigenvalue weighted by molar-refractivity contribution is 7.92. The van der Waals surface area contributed by atoms with Crippen LogP contribution in [0.15, 0.2) is 95.2 Å². The summed E-state index contributed by atoms with van der Waals surface area (Å²) in [5.74, 6) is -1.26. The third-order valence-electron chi connectivity index (χ3n) is 4.69. The van der Waals surface area contributed by atoms with E-state index in [0.717, 1.165) is 24.3 Å². The molecule has 172 valence electrons. The number of carbonyl (C=O) groups excluding carboxylic acids is 2. The van der Waals surface area contributed by atoms with Crippen LogP contribution in [0.3, 0.4) is 0 Å². The highest BCUT2D eigenvalue weighted by Crippen LogP contribution is 2.25. The molecule has 4 aromatic rings. The minimum Gasteiger partial charge on any atom is -0.321 e. The van der Waals surface area contributed by atoms with Crippen LogP contribution in [-0.2, 0) is 10.0 Å². The first-order chi connectivity index (χ1) is 16.3. The summed E-state index contributed by atoms with van der Waals surface area (Å²) in [7, 11) is -4.00. The SMILES string of the molecule is O=C(Nc1ccccc1NS(=O)(=O)c1ccc(F)cc1)c1ccc(NC(=O)c2cccs2)cc1. The van der Waals surface area contributed by atoms with Gasteiger partial charge >= 0.3 is 0 Å². The number of para-hydroxylation sites is 2. The van der Waals surface area contributed by atoms with Gasteiger partial charge in [0.15, 0.2) is 0 Å². The molecule has 3 aromatic carbocycles. The zero-order valence-electron chi connectivity index (χ0n) is 17.5. The van der Waals surface area contributed by atoms with Gasteiger partial charge in [-0.05, 0) is 72.1 Å². The van der Waals surface area contributed by atoms with Gasteiger partial charge in [-0.25, -0.2) is 12.8 Å². The first kappa shape index (κ1) is 23.1. The van der Waals surface area contributed by atoms with Crippen LogP contribution >= 0.6 is 11.3 Å². The summed E-state index contributed by atoms with van der Waals surface area (Å²) < 4.78 is 40.9. The molecule has 0 saturated heterocycles. The number of benzene rings is 3. The molecule has 4 rings (SSSR count). The van der Waals surface area contributed by atoms with Crippen LogP contribution in [0.4, 0.5) is 21.5 Å². The predicted octanol–water partition coefficient (Wildman–Crippen LogP) is 5.19. The molecule has 34 heavy (non-hydrogen) atoms. The number of thiophene rings is 1. The minimum absolute atomic E-state index is 0.116. The van der Waals surface area contributed by atoms with Gasteiger partial charge in [-0.1, -0.05) is 18.2 Å². The van der Waals surface area contributed by atoms with E-state index < -0.39 is 21.7 Å². The third-order valence-corrected chi connectivity index (χ3v) is 6.94. The van der Waals surface area contributed by atoms with Gasteiger partial charge in [-0.2, -0.15) is 0 Å². The number of rotatable bonds is 7. The summed E-state index contributed by atoms with van der Waals surface area (Å²) >= 11 is 1.32. The average molecular weight is 496 g/mol. The zero-order chi connectivity index (χ0) is 24.1. The van der Waals surface area contributed by atoms with Gasteiger partial charge in [0.1, 0.15) is 5.82 Å². The summed E-state index contributed by atoms with van der Waals surface area (Å²) in [6.45, 7) is 0. The molecule has 2 amide bonds. The summed E-state index contributed by atoms with van der Waals surface area (Å²) in [4.78, 5) is 25.4. The summed E-state index contributed by atoms with van der Waals surface area (Å²) in [5, 5.41) is 7.24. The number of hydrogen-bond acceptors (Lipinski definition) is 5. The third kappa shape index (κ3) is 5.48. The maximum atomic E-state index is 13.1. The van der Waals surface area contributed by atoms with Crippen LogP contribution in [0.1, 0.15) is 20.0 Å². The molecule has 10 heteroatoms. The van der Waals surface area contributed by atoms with E-state index in [1.807, 2.05) is 0 Å². The molecule has 0 atom stereocenters. The molecule has 0 aliphatic carbocycles. The number of halogens is 1. The molecule has 0 fully saturated rings. The van der Waals surface area contributed by atoms with Crippen LogP contribution in [0.2, 0.25) is 0 Å². The normalized spacial score (nSPS) is 11.0. The molecule has 0 aliphatic heterocycles. The Labute approximate surface area is 199 Å². The van der Waals surface area contributed by atoms with E-state index in [0.29, 0.717) is 16.1 Å². The van der Waals surface area contributed by atoms with Crippen LogP contribution in [0.5, 0.6) is 0 Å². The van der Waals surface area contributed by atoms with E-state index in [1.165, 1.54) is 17.4 Å². The second-order valence-corrected chi connectivity index (χ2v) is 9.70. The molecule has 1 heterocycles. The van der Waals surface area contributed by atoms with Crippen molar-refractivity contribution in [1.82, 2.24) is 0 Å². The lowest BCUT2D eigenvalue weighted by Gasteiger charge is -2.14. The minimum atomic E-state index is -4.00. The fourth-order valence-electron chi connectivity index (χ4n) is 3.00. The van der Waals surface area contributed by atoms with Gasteiger partial charge in [-0.3, -0.25) is 14.3 Å². The molecular weight excluding hydrogens is 477 g/mol. The van der Waals surface area contributed by atoms with Crippen molar-refractivity contribution in [2.24, 2.45) is 0 Å².